The van der Waals surface area contributed by atoms with Gasteiger partial charge in [0.2, 0.25) is 0 Å². The van der Waals surface area contributed by atoms with Crippen molar-refractivity contribution in [3.8, 4) is 0 Å². The molecule has 0 heterocycles. The standard InChI is InChI=1S/C29H50O3/c1-19(2)7-6-8-20(3)25-13-14-26-24-12-10-22-9-11-23(31)17-29(22,18-32-21(4)30)27(24)15-16-28(25,26)5/h19-20,22-27,31H,6-18H2,1-5H3. The lowest BCUT2D eigenvalue weighted by molar-refractivity contribution is -0.178. The third-order valence-electron chi connectivity index (χ3n) is 11.0. The summed E-state index contributed by atoms with van der Waals surface area (Å²) >= 11 is 0. The number of rotatable bonds is 7. The second-order valence-electron chi connectivity index (χ2n) is 13.1. The molecule has 4 rings (SSSR count). The SMILES string of the molecule is CC(=O)OCC12CC(O)CCC1CCC1C3CCC(C(C)CCCC(C)C)C3(C)CCC12. The van der Waals surface area contributed by atoms with E-state index < -0.39 is 0 Å². The van der Waals surface area contributed by atoms with Gasteiger partial charge in [0.25, 0.3) is 0 Å². The van der Waals surface area contributed by atoms with Crippen molar-refractivity contribution in [3.63, 3.8) is 0 Å². The second kappa shape index (κ2) is 9.59. The lowest BCUT2D eigenvalue weighted by Gasteiger charge is -2.61. The Bertz CT molecular complexity index is 659. The van der Waals surface area contributed by atoms with Gasteiger partial charge in [0.1, 0.15) is 0 Å². The molecular formula is C29H50O3. The Balaban J connectivity index is 1.52. The fraction of sp³-hybridized carbons (Fsp3) is 0.966. The van der Waals surface area contributed by atoms with E-state index in [1.54, 1.807) is 6.92 Å². The molecule has 3 nitrogen and oxygen atoms in total. The number of ether oxygens (including phenoxy) is 1. The summed E-state index contributed by atoms with van der Waals surface area (Å²) < 4.78 is 5.75. The lowest BCUT2D eigenvalue weighted by Crippen LogP contribution is -2.57. The van der Waals surface area contributed by atoms with E-state index in [0.717, 1.165) is 48.9 Å². The number of fused-ring (bicyclic) bond motifs is 5. The van der Waals surface area contributed by atoms with Crippen LogP contribution in [0.2, 0.25) is 0 Å². The van der Waals surface area contributed by atoms with Crippen molar-refractivity contribution < 1.29 is 14.6 Å². The van der Waals surface area contributed by atoms with Gasteiger partial charge in [0, 0.05) is 12.3 Å². The van der Waals surface area contributed by atoms with Crippen LogP contribution in [-0.4, -0.2) is 23.8 Å². The number of esters is 1. The van der Waals surface area contributed by atoms with Crippen molar-refractivity contribution in [1.29, 1.82) is 0 Å². The fourth-order valence-corrected chi connectivity index (χ4v) is 9.62. The molecular weight excluding hydrogens is 396 g/mol. The number of carbonyl (C=O) groups excluding carboxylic acids is 1. The fourth-order valence-electron chi connectivity index (χ4n) is 9.62. The first-order chi connectivity index (χ1) is 15.2. The summed E-state index contributed by atoms with van der Waals surface area (Å²) in [4.78, 5) is 11.8. The molecule has 0 aromatic carbocycles. The Kier molecular flexibility index (Phi) is 7.36. The first-order valence-electron chi connectivity index (χ1n) is 14.0. The molecule has 3 heteroatoms. The molecule has 1 N–H and O–H groups in total. The Hall–Kier alpha value is -0.570. The van der Waals surface area contributed by atoms with Crippen LogP contribution in [0.5, 0.6) is 0 Å². The van der Waals surface area contributed by atoms with Crippen LogP contribution in [0.1, 0.15) is 112 Å². The highest BCUT2D eigenvalue weighted by Gasteiger charge is 2.62. The monoisotopic (exact) mass is 446 g/mol. The quantitative estimate of drug-likeness (QED) is 0.428. The Morgan fingerprint density at radius 3 is 2.47 bits per heavy atom. The van der Waals surface area contributed by atoms with Crippen molar-refractivity contribution in [2.24, 2.45) is 52.3 Å². The molecule has 0 amide bonds. The van der Waals surface area contributed by atoms with E-state index in [2.05, 4.69) is 27.7 Å². The summed E-state index contributed by atoms with van der Waals surface area (Å²) in [6.45, 7) is 12.0. The van der Waals surface area contributed by atoms with Crippen LogP contribution in [-0.2, 0) is 9.53 Å². The summed E-state index contributed by atoms with van der Waals surface area (Å²) in [6, 6.07) is 0. The molecule has 4 aliphatic rings. The molecule has 32 heavy (non-hydrogen) atoms. The van der Waals surface area contributed by atoms with Crippen molar-refractivity contribution in [1.82, 2.24) is 0 Å². The minimum Gasteiger partial charge on any atom is -0.465 e. The predicted molar refractivity (Wildman–Crippen MR) is 130 cm³/mol. The average Bonchev–Trinajstić information content (AvgIpc) is 3.09. The highest BCUT2D eigenvalue weighted by Crippen LogP contribution is 2.68. The van der Waals surface area contributed by atoms with E-state index >= 15 is 0 Å². The maximum Gasteiger partial charge on any atom is 0.302 e. The van der Waals surface area contributed by atoms with Crippen molar-refractivity contribution >= 4 is 5.97 Å². The third-order valence-corrected chi connectivity index (χ3v) is 11.0. The smallest absolute Gasteiger partial charge is 0.302 e. The largest absolute Gasteiger partial charge is 0.465 e. The zero-order chi connectivity index (χ0) is 23.1. The molecule has 0 spiro atoms. The van der Waals surface area contributed by atoms with Crippen molar-refractivity contribution in [3.05, 3.63) is 0 Å². The molecule has 0 aromatic rings. The second-order valence-corrected chi connectivity index (χ2v) is 13.1. The van der Waals surface area contributed by atoms with Gasteiger partial charge in [-0.25, -0.2) is 0 Å². The Morgan fingerprint density at radius 1 is 1.00 bits per heavy atom. The summed E-state index contributed by atoms with van der Waals surface area (Å²) in [5, 5.41) is 10.7. The molecule has 0 bridgehead atoms. The van der Waals surface area contributed by atoms with Gasteiger partial charge in [-0.15, -0.1) is 0 Å². The molecule has 184 valence electrons. The predicted octanol–water partition coefficient (Wildman–Crippen LogP) is 7.01. The van der Waals surface area contributed by atoms with Gasteiger partial charge in [-0.05, 0) is 105 Å². The van der Waals surface area contributed by atoms with Gasteiger partial charge < -0.3 is 9.84 Å². The highest BCUT2D eigenvalue weighted by atomic mass is 16.5. The van der Waals surface area contributed by atoms with Gasteiger partial charge in [0.15, 0.2) is 0 Å². The van der Waals surface area contributed by atoms with Crippen LogP contribution in [0.4, 0.5) is 0 Å². The van der Waals surface area contributed by atoms with Gasteiger partial charge in [-0.1, -0.05) is 47.0 Å². The van der Waals surface area contributed by atoms with Gasteiger partial charge >= 0.3 is 5.97 Å². The van der Waals surface area contributed by atoms with Crippen LogP contribution in [0.25, 0.3) is 0 Å². The van der Waals surface area contributed by atoms with Gasteiger partial charge in [-0.2, -0.15) is 0 Å². The summed E-state index contributed by atoms with van der Waals surface area (Å²) in [6.07, 6.45) is 14.9. The van der Waals surface area contributed by atoms with Gasteiger partial charge in [-0.3, -0.25) is 4.79 Å². The molecule has 4 saturated carbocycles. The maximum absolute atomic E-state index is 11.8. The molecule has 0 saturated heterocycles. The molecule has 4 aliphatic carbocycles. The van der Waals surface area contributed by atoms with Crippen molar-refractivity contribution in [2.75, 3.05) is 6.61 Å². The highest BCUT2D eigenvalue weighted by molar-refractivity contribution is 5.65. The van der Waals surface area contributed by atoms with E-state index in [1.807, 2.05) is 0 Å². The Labute approximate surface area is 197 Å². The van der Waals surface area contributed by atoms with Crippen molar-refractivity contribution in [2.45, 2.75) is 118 Å². The summed E-state index contributed by atoms with van der Waals surface area (Å²) in [5.74, 6) is 5.22. The third kappa shape index (κ3) is 4.41. The van der Waals surface area contributed by atoms with E-state index in [1.165, 1.54) is 57.8 Å². The lowest BCUT2D eigenvalue weighted by atomic mass is 9.44. The molecule has 4 fully saturated rings. The zero-order valence-corrected chi connectivity index (χ0v) is 21.6. The minimum absolute atomic E-state index is 0.0224. The number of aliphatic hydroxyl groups is 1. The maximum atomic E-state index is 11.8. The van der Waals surface area contributed by atoms with E-state index in [0.29, 0.717) is 23.9 Å². The first kappa shape index (κ1) is 24.6. The molecule has 0 radical (unpaired) electrons. The number of carbonyl (C=O) groups is 1. The zero-order valence-electron chi connectivity index (χ0n) is 21.6. The summed E-state index contributed by atoms with van der Waals surface area (Å²) in [7, 11) is 0. The molecule has 0 aliphatic heterocycles. The summed E-state index contributed by atoms with van der Waals surface area (Å²) in [5.41, 5.74) is 0.510. The van der Waals surface area contributed by atoms with Gasteiger partial charge in [0.05, 0.1) is 12.7 Å². The topological polar surface area (TPSA) is 46.5 Å². The van der Waals surface area contributed by atoms with Crippen LogP contribution < -0.4 is 0 Å². The number of hydrogen-bond donors (Lipinski definition) is 1. The molecule has 9 unspecified atom stereocenters. The molecule has 0 aromatic heterocycles. The number of aliphatic hydroxyl groups excluding tert-OH is 1. The first-order valence-corrected chi connectivity index (χ1v) is 14.0. The van der Waals surface area contributed by atoms with Crippen LogP contribution >= 0.6 is 0 Å². The van der Waals surface area contributed by atoms with Crippen LogP contribution in [0.3, 0.4) is 0 Å². The van der Waals surface area contributed by atoms with Crippen LogP contribution in [0.15, 0.2) is 0 Å². The average molecular weight is 447 g/mol. The van der Waals surface area contributed by atoms with E-state index in [9.17, 15) is 9.90 Å². The normalized spacial score (nSPS) is 44.5. The van der Waals surface area contributed by atoms with E-state index in [-0.39, 0.29) is 17.5 Å². The Morgan fingerprint density at radius 2 is 1.75 bits per heavy atom. The van der Waals surface area contributed by atoms with Crippen LogP contribution in [0, 0.1) is 52.3 Å². The van der Waals surface area contributed by atoms with E-state index in [4.69, 9.17) is 4.74 Å². The number of hydrogen-bond acceptors (Lipinski definition) is 3. The minimum atomic E-state index is -0.217. The molecule has 9 atom stereocenters.